The van der Waals surface area contributed by atoms with Crippen molar-refractivity contribution in [3.63, 3.8) is 0 Å². The van der Waals surface area contributed by atoms with E-state index in [1.165, 1.54) is 46.0 Å². The van der Waals surface area contributed by atoms with Crippen molar-refractivity contribution in [1.82, 2.24) is 15.0 Å². The number of hydrogen-bond donors (Lipinski definition) is 0. The van der Waals surface area contributed by atoms with Gasteiger partial charge in [0.1, 0.15) is 0 Å². The van der Waals surface area contributed by atoms with Gasteiger partial charge in [0.2, 0.25) is 0 Å². The van der Waals surface area contributed by atoms with Crippen molar-refractivity contribution in [2.45, 2.75) is 0 Å². The molecule has 0 saturated heterocycles. The number of benzene rings is 12. The van der Waals surface area contributed by atoms with E-state index in [1.807, 2.05) is 0 Å². The summed E-state index contributed by atoms with van der Waals surface area (Å²) in [6.45, 7) is 0. The van der Waals surface area contributed by atoms with Crippen molar-refractivity contribution >= 4 is 122 Å². The van der Waals surface area contributed by atoms with Gasteiger partial charge in [0, 0.05) is 97.1 Å². The molecule has 486 valence electrons. The number of para-hydroxylation sites is 6. The lowest BCUT2D eigenvalue weighted by molar-refractivity contribution is 1.07. The molecule has 0 spiro atoms. The van der Waals surface area contributed by atoms with E-state index in [0.717, 1.165) is 84.6 Å². The second-order valence-corrected chi connectivity index (χ2v) is 27.8. The normalized spacial score (nSPS) is 11.4. The highest BCUT2D eigenvalue weighted by atomic mass is 32.1. The molecular formula is C93H66N6S3. The van der Waals surface area contributed by atoms with Gasteiger partial charge in [0.15, 0.2) is 17.5 Å². The van der Waals surface area contributed by atoms with Crippen LogP contribution in [0.5, 0.6) is 0 Å². The molecular weight excluding hydrogens is 1300 g/mol. The third-order valence-corrected chi connectivity index (χ3v) is 21.0. The van der Waals surface area contributed by atoms with Crippen molar-refractivity contribution in [3.05, 3.63) is 395 Å². The molecule has 102 heavy (non-hydrogen) atoms. The zero-order valence-electron chi connectivity index (χ0n) is 55.5. The van der Waals surface area contributed by atoms with Crippen LogP contribution in [0.2, 0.25) is 0 Å². The Labute approximate surface area is 607 Å². The Morgan fingerprint density at radius 3 is 0.588 bits per heavy atom. The molecule has 0 saturated carbocycles. The lowest BCUT2D eigenvalue weighted by Crippen LogP contribution is -2.09. The molecule has 0 atom stereocenters. The Morgan fingerprint density at radius 1 is 0.176 bits per heavy atom. The maximum atomic E-state index is 5.17. The fraction of sp³-hybridized carbons (Fsp3) is 0. The van der Waals surface area contributed by atoms with Crippen LogP contribution in [-0.2, 0) is 0 Å². The molecule has 16 aromatic rings. The third kappa shape index (κ3) is 14.9. The van der Waals surface area contributed by atoms with Gasteiger partial charge in [-0.15, -0.1) is 34.0 Å². The predicted molar refractivity (Wildman–Crippen MR) is 436 cm³/mol. The second kappa shape index (κ2) is 30.2. The van der Waals surface area contributed by atoms with Crippen molar-refractivity contribution in [2.75, 3.05) is 14.7 Å². The maximum absolute atomic E-state index is 5.17. The highest BCUT2D eigenvalue weighted by molar-refractivity contribution is 7.17. The van der Waals surface area contributed by atoms with Crippen LogP contribution in [0.1, 0.15) is 31.3 Å². The Hall–Kier alpha value is -12.6. The van der Waals surface area contributed by atoms with Crippen LogP contribution in [0.25, 0.3) is 102 Å². The molecule has 0 unspecified atom stereocenters. The van der Waals surface area contributed by atoms with Crippen LogP contribution in [0.3, 0.4) is 0 Å². The molecule has 12 aromatic carbocycles. The quantitative estimate of drug-likeness (QED) is 0.0715. The van der Waals surface area contributed by atoms with E-state index in [1.54, 1.807) is 34.0 Å². The molecule has 0 fully saturated rings. The highest BCUT2D eigenvalue weighted by Gasteiger charge is 2.18. The summed E-state index contributed by atoms with van der Waals surface area (Å²) in [5, 5.41) is 0. The van der Waals surface area contributed by atoms with Gasteiger partial charge in [0.25, 0.3) is 0 Å². The van der Waals surface area contributed by atoms with Crippen LogP contribution >= 0.6 is 34.0 Å². The first kappa shape index (κ1) is 64.1. The fourth-order valence-corrected chi connectivity index (χ4v) is 15.2. The van der Waals surface area contributed by atoms with Crippen LogP contribution in [0.4, 0.5) is 51.2 Å². The Bertz CT molecular complexity index is 4820. The van der Waals surface area contributed by atoms with Gasteiger partial charge in [-0.05, 0) is 197 Å². The predicted octanol–water partition coefficient (Wildman–Crippen LogP) is 27.0. The van der Waals surface area contributed by atoms with Crippen molar-refractivity contribution < 1.29 is 0 Å². The summed E-state index contributed by atoms with van der Waals surface area (Å²) < 4.78 is 0. The molecule has 0 amide bonds. The summed E-state index contributed by atoms with van der Waals surface area (Å²) in [6.07, 6.45) is 13.1. The van der Waals surface area contributed by atoms with Crippen LogP contribution in [0.15, 0.2) is 364 Å². The number of rotatable bonds is 21. The summed E-state index contributed by atoms with van der Waals surface area (Å²) in [4.78, 5) is 29.5. The molecule has 0 aliphatic rings. The minimum Gasteiger partial charge on any atom is -0.311 e. The topological polar surface area (TPSA) is 48.4 Å². The van der Waals surface area contributed by atoms with Crippen LogP contribution < -0.4 is 14.7 Å². The van der Waals surface area contributed by atoms with Crippen molar-refractivity contribution in [3.8, 4) is 65.5 Å². The highest BCUT2D eigenvalue weighted by Crippen LogP contribution is 2.41. The number of anilines is 9. The summed E-state index contributed by atoms with van der Waals surface area (Å²) in [5.74, 6) is 1.80. The molecule has 4 heterocycles. The minimum atomic E-state index is 0.601. The van der Waals surface area contributed by atoms with Gasteiger partial charge in [-0.25, -0.2) is 15.0 Å². The third-order valence-electron chi connectivity index (χ3n) is 17.7. The smallest absolute Gasteiger partial charge is 0.164 e. The second-order valence-electron chi connectivity index (χ2n) is 24.4. The SMILES string of the molecule is C(=C\c1ccc(-c2ccc(N(c3ccccc3)c3ccccc3)cc2)s1)/c1ccc(-c2nc(-c3ccc(/C=C/c4ccc(-c5ccc(N(c6ccccc6)c6ccccc6)cc5)s4)cc3)nc(-c3ccc(/C=C/c4ccc(-c5ccc(N(c6ccccc6)c6ccccc6)cc5)s4)cc3)n2)cc1. The molecule has 0 N–H and O–H groups in total. The molecule has 0 radical (unpaired) electrons. The van der Waals surface area contributed by atoms with E-state index < -0.39 is 0 Å². The van der Waals surface area contributed by atoms with Crippen LogP contribution in [-0.4, -0.2) is 15.0 Å². The minimum absolute atomic E-state index is 0.601. The van der Waals surface area contributed by atoms with E-state index in [-0.39, 0.29) is 0 Å². The van der Waals surface area contributed by atoms with E-state index in [0.29, 0.717) is 17.5 Å². The van der Waals surface area contributed by atoms with Gasteiger partial charge in [-0.1, -0.05) is 237 Å². The fourth-order valence-electron chi connectivity index (χ4n) is 12.4. The van der Waals surface area contributed by atoms with Gasteiger partial charge >= 0.3 is 0 Å². The number of nitrogens with zero attached hydrogens (tertiary/aromatic N) is 6. The van der Waals surface area contributed by atoms with Crippen LogP contribution in [0, 0.1) is 0 Å². The van der Waals surface area contributed by atoms with Crippen molar-refractivity contribution in [2.24, 2.45) is 0 Å². The molecule has 0 aliphatic heterocycles. The standard InChI is InChI=1S/C93H66N6S3/c1-7-19-76(20-8-1)97(77-21-9-2-10-22-77)82-52-46-70(47-53-82)88-64-61-85(100-88)58-37-67-31-40-73(41-32-67)91-94-92(74-42-33-68(34-43-74)38-59-86-62-65-89(101-86)71-48-54-83(55-49-71)98(78-23-11-3-12-24-78)79-25-13-4-14-26-79)96-93(95-91)75-44-35-69(36-45-75)39-60-87-63-66-90(102-87)72-50-56-84(57-51-72)99(80-27-15-5-16-28-80)81-29-17-6-18-30-81/h1-66H/b58-37+,59-38+,60-39+. The molecule has 6 nitrogen and oxygen atoms in total. The van der Waals surface area contributed by atoms with E-state index in [9.17, 15) is 0 Å². The lowest BCUT2D eigenvalue weighted by atomic mass is 10.1. The maximum Gasteiger partial charge on any atom is 0.164 e. The summed E-state index contributed by atoms with van der Waals surface area (Å²) in [5.41, 5.74) is 19.5. The Morgan fingerprint density at radius 2 is 0.373 bits per heavy atom. The first-order valence-electron chi connectivity index (χ1n) is 33.9. The van der Waals surface area contributed by atoms with Gasteiger partial charge in [-0.3, -0.25) is 0 Å². The lowest BCUT2D eigenvalue weighted by Gasteiger charge is -2.25. The summed E-state index contributed by atoms with van der Waals surface area (Å²) in [7, 11) is 0. The number of aromatic nitrogens is 3. The average molecular weight is 1360 g/mol. The zero-order valence-corrected chi connectivity index (χ0v) is 58.0. The average Bonchev–Trinajstić information content (AvgIpc) is 1.34. The Balaban J connectivity index is 0.629. The molecule has 16 rings (SSSR count). The molecule has 4 aromatic heterocycles. The summed E-state index contributed by atoms with van der Waals surface area (Å²) in [6, 6.07) is 128. The van der Waals surface area contributed by atoms with E-state index >= 15 is 0 Å². The van der Waals surface area contributed by atoms with Gasteiger partial charge in [0.05, 0.1) is 0 Å². The largest absolute Gasteiger partial charge is 0.311 e. The van der Waals surface area contributed by atoms with E-state index in [4.69, 9.17) is 15.0 Å². The molecule has 0 bridgehead atoms. The molecule has 0 aliphatic carbocycles. The van der Waals surface area contributed by atoms with E-state index in [2.05, 4.69) is 415 Å². The summed E-state index contributed by atoms with van der Waals surface area (Å²) >= 11 is 5.34. The van der Waals surface area contributed by atoms with Gasteiger partial charge in [-0.2, -0.15) is 0 Å². The first-order chi connectivity index (χ1) is 50.5. The first-order valence-corrected chi connectivity index (χ1v) is 36.4. The van der Waals surface area contributed by atoms with Gasteiger partial charge < -0.3 is 14.7 Å². The Kier molecular flexibility index (Phi) is 19.0. The number of hydrogen-bond acceptors (Lipinski definition) is 9. The van der Waals surface area contributed by atoms with Crippen molar-refractivity contribution in [1.29, 1.82) is 0 Å². The monoisotopic (exact) mass is 1360 g/mol. The molecule has 9 heteroatoms. The number of thiophene rings is 3. The zero-order chi connectivity index (χ0) is 68.2.